The number of ether oxygens (including phenoxy) is 1. The van der Waals surface area contributed by atoms with E-state index in [0.717, 1.165) is 51.1 Å². The number of hydrogen-bond acceptors (Lipinski definition) is 6. The molecule has 0 bridgehead atoms. The Morgan fingerprint density at radius 1 is 0.881 bits per heavy atom. The molecule has 2 heterocycles. The van der Waals surface area contributed by atoms with Gasteiger partial charge in [0.1, 0.15) is 5.75 Å². The van der Waals surface area contributed by atoms with Gasteiger partial charge in [-0.1, -0.05) is 87.2 Å². The number of nitrogens with zero attached hydrogens (tertiary/aromatic N) is 2. The Morgan fingerprint density at radius 3 is 2.31 bits per heavy atom. The van der Waals surface area contributed by atoms with Crippen LogP contribution in [0.15, 0.2) is 91.3 Å². The van der Waals surface area contributed by atoms with Gasteiger partial charge in [-0.15, -0.1) is 11.3 Å². The number of aliphatic hydroxyl groups excluding tert-OH is 1. The minimum absolute atomic E-state index is 0.144. The highest BCUT2D eigenvalue weighted by atomic mass is 32.1. The van der Waals surface area contributed by atoms with Gasteiger partial charge in [-0.25, -0.2) is 9.97 Å². The summed E-state index contributed by atoms with van der Waals surface area (Å²) in [5.41, 5.74) is 3.90. The number of carbonyl (C=O) groups is 1. The lowest BCUT2D eigenvalue weighted by Crippen LogP contribution is -2.38. The number of hydrogen-bond donors (Lipinski definition) is 2. The molecule has 0 spiro atoms. The van der Waals surface area contributed by atoms with E-state index < -0.39 is 0 Å². The highest BCUT2D eigenvalue weighted by Crippen LogP contribution is 2.26. The average Bonchev–Trinajstić information content (AvgIpc) is 3.48. The molecule has 0 saturated carbocycles. The smallest absolute Gasteiger partial charge is 0.261 e. The van der Waals surface area contributed by atoms with Crippen LogP contribution in [0.5, 0.6) is 5.75 Å². The number of benzene rings is 3. The molecular weight excluding hydrogens is 542 g/mol. The molecule has 2 N–H and O–H groups in total. The van der Waals surface area contributed by atoms with Crippen molar-refractivity contribution in [1.82, 2.24) is 15.3 Å². The number of fused-ring (bicyclic) bond motifs is 1. The van der Waals surface area contributed by atoms with Gasteiger partial charge >= 0.3 is 0 Å². The molecule has 2 aromatic heterocycles. The summed E-state index contributed by atoms with van der Waals surface area (Å²) >= 11 is 1.46. The predicted octanol–water partition coefficient (Wildman–Crippen LogP) is 7.71. The summed E-state index contributed by atoms with van der Waals surface area (Å²) in [7, 11) is 0. The predicted molar refractivity (Wildman–Crippen MR) is 171 cm³/mol. The third-order valence-corrected chi connectivity index (χ3v) is 8.37. The van der Waals surface area contributed by atoms with Crippen molar-refractivity contribution in [2.45, 2.75) is 51.5 Å². The van der Waals surface area contributed by atoms with Gasteiger partial charge in [0.15, 0.2) is 5.82 Å². The highest BCUT2D eigenvalue weighted by Gasteiger charge is 2.16. The van der Waals surface area contributed by atoms with E-state index in [0.29, 0.717) is 17.1 Å². The third-order valence-electron chi connectivity index (χ3n) is 7.26. The van der Waals surface area contributed by atoms with Crippen molar-refractivity contribution >= 4 is 27.3 Å². The number of thiophene rings is 1. The Labute approximate surface area is 251 Å². The van der Waals surface area contributed by atoms with Gasteiger partial charge in [-0.05, 0) is 53.6 Å². The fourth-order valence-corrected chi connectivity index (χ4v) is 5.82. The van der Waals surface area contributed by atoms with Crippen molar-refractivity contribution in [3.63, 3.8) is 0 Å². The number of aromatic nitrogens is 2. The normalized spacial score (nSPS) is 11.9. The molecule has 6 nitrogen and oxygen atoms in total. The Kier molecular flexibility index (Phi) is 10.3. The van der Waals surface area contributed by atoms with Gasteiger partial charge in [0, 0.05) is 28.2 Å². The molecular formula is C35H37N3O3S. The summed E-state index contributed by atoms with van der Waals surface area (Å²) in [6.45, 7) is 2.83. The maximum Gasteiger partial charge on any atom is 0.261 e. The molecule has 0 radical (unpaired) electrons. The van der Waals surface area contributed by atoms with E-state index in [1.54, 1.807) is 0 Å². The van der Waals surface area contributed by atoms with Crippen molar-refractivity contribution < 1.29 is 14.6 Å². The highest BCUT2D eigenvalue weighted by molar-refractivity contribution is 7.20. The van der Waals surface area contributed by atoms with Gasteiger partial charge in [0.2, 0.25) is 0 Å². The number of rotatable bonds is 14. The molecule has 1 unspecified atom stereocenters. The fraction of sp³-hybridized carbons (Fsp3) is 0.286. The van der Waals surface area contributed by atoms with Gasteiger partial charge < -0.3 is 15.2 Å². The Hall–Kier alpha value is -4.07. The molecule has 0 aliphatic rings. The van der Waals surface area contributed by atoms with E-state index in [-0.39, 0.29) is 18.6 Å². The lowest BCUT2D eigenvalue weighted by molar-refractivity contribution is 0.0920. The van der Waals surface area contributed by atoms with Crippen LogP contribution in [0.25, 0.3) is 32.6 Å². The molecule has 0 aliphatic heterocycles. The molecule has 0 aliphatic carbocycles. The van der Waals surface area contributed by atoms with E-state index in [2.05, 4.69) is 22.2 Å². The second-order valence-electron chi connectivity index (χ2n) is 10.5. The van der Waals surface area contributed by atoms with Gasteiger partial charge in [-0.3, -0.25) is 4.79 Å². The van der Waals surface area contributed by atoms with Gasteiger partial charge in [0.05, 0.1) is 24.1 Å². The Bertz CT molecular complexity index is 1530. The molecule has 7 heteroatoms. The molecule has 0 fully saturated rings. The monoisotopic (exact) mass is 579 g/mol. The van der Waals surface area contributed by atoms with Gasteiger partial charge in [-0.2, -0.15) is 0 Å². The van der Waals surface area contributed by atoms with Crippen molar-refractivity contribution in [3.8, 4) is 28.3 Å². The molecule has 5 aromatic rings. The van der Waals surface area contributed by atoms with Crippen molar-refractivity contribution in [2.75, 3.05) is 13.2 Å². The molecule has 1 amide bonds. The van der Waals surface area contributed by atoms with Crippen LogP contribution in [-0.4, -0.2) is 40.2 Å². The van der Waals surface area contributed by atoms with E-state index in [9.17, 15) is 9.90 Å². The lowest BCUT2D eigenvalue weighted by Gasteiger charge is -2.16. The Morgan fingerprint density at radius 2 is 1.60 bits per heavy atom. The van der Waals surface area contributed by atoms with E-state index in [1.165, 1.54) is 37.0 Å². The fourth-order valence-electron chi connectivity index (χ4n) is 4.85. The van der Waals surface area contributed by atoms with E-state index >= 15 is 0 Å². The molecule has 3 aromatic carbocycles. The second kappa shape index (κ2) is 14.7. The van der Waals surface area contributed by atoms with Crippen LogP contribution in [0.1, 0.15) is 54.3 Å². The average molecular weight is 580 g/mol. The summed E-state index contributed by atoms with van der Waals surface area (Å²) in [4.78, 5) is 22.6. The maximum absolute atomic E-state index is 12.8. The van der Waals surface area contributed by atoms with Gasteiger partial charge in [0.25, 0.3) is 5.91 Å². The van der Waals surface area contributed by atoms with Crippen LogP contribution in [0, 0.1) is 0 Å². The second-order valence-corrected chi connectivity index (χ2v) is 11.6. The van der Waals surface area contributed by atoms with Crippen LogP contribution in [0.2, 0.25) is 0 Å². The minimum Gasteiger partial charge on any atom is -0.494 e. The topological polar surface area (TPSA) is 84.3 Å². The summed E-state index contributed by atoms with van der Waals surface area (Å²) in [6.07, 6.45) is 10.3. The number of carbonyl (C=O) groups excluding carboxylic acids is 1. The summed E-state index contributed by atoms with van der Waals surface area (Å²) in [5, 5.41) is 13.9. The van der Waals surface area contributed by atoms with Crippen LogP contribution in [-0.2, 0) is 6.42 Å². The van der Waals surface area contributed by atoms with Crippen molar-refractivity contribution in [1.29, 1.82) is 0 Å². The molecule has 42 heavy (non-hydrogen) atoms. The number of amides is 1. The van der Waals surface area contributed by atoms with E-state index in [1.807, 2.05) is 91.3 Å². The van der Waals surface area contributed by atoms with Crippen LogP contribution in [0.4, 0.5) is 0 Å². The summed E-state index contributed by atoms with van der Waals surface area (Å²) < 4.78 is 6.95. The molecule has 0 saturated heterocycles. The SMILES string of the molecule is CCCCCCCOc1ccc(-c2cnc(-c3ccc(CC(CO)NC(=O)c4cc5ccccc5s4)cc3)nc2)cc1. The largest absolute Gasteiger partial charge is 0.494 e. The standard InChI is InChI=1S/C35H37N3O3S/c1-2-3-4-5-8-19-41-31-17-15-26(16-18-31)29-22-36-34(37-23-29)27-13-11-25(12-14-27)20-30(24-39)38-35(40)33-21-28-9-6-7-10-32(28)42-33/h6-7,9-18,21-23,30,39H,2-5,8,19-20,24H2,1H3,(H,38,40). The van der Waals surface area contributed by atoms with Crippen LogP contribution < -0.4 is 10.1 Å². The molecule has 1 atom stereocenters. The molecule has 5 rings (SSSR count). The third kappa shape index (κ3) is 7.81. The summed E-state index contributed by atoms with van der Waals surface area (Å²) in [5.74, 6) is 1.36. The number of unbranched alkanes of at least 4 members (excludes halogenated alkanes) is 4. The first kappa shape index (κ1) is 29.4. The first-order chi connectivity index (χ1) is 20.6. The molecule has 216 valence electrons. The first-order valence-corrected chi connectivity index (χ1v) is 15.5. The number of aliphatic hydroxyl groups is 1. The Balaban J connectivity index is 1.14. The maximum atomic E-state index is 12.8. The zero-order valence-electron chi connectivity index (χ0n) is 24.0. The lowest BCUT2D eigenvalue weighted by atomic mass is 10.0. The van der Waals surface area contributed by atoms with Crippen LogP contribution in [0.3, 0.4) is 0 Å². The number of nitrogens with one attached hydrogen (secondary N) is 1. The zero-order valence-corrected chi connectivity index (χ0v) is 24.8. The quantitative estimate of drug-likeness (QED) is 0.132. The zero-order chi connectivity index (χ0) is 29.1. The minimum atomic E-state index is -0.383. The first-order valence-electron chi connectivity index (χ1n) is 14.7. The van der Waals surface area contributed by atoms with Crippen molar-refractivity contribution in [3.05, 3.63) is 102 Å². The van der Waals surface area contributed by atoms with E-state index in [4.69, 9.17) is 4.74 Å². The van der Waals surface area contributed by atoms with Crippen molar-refractivity contribution in [2.24, 2.45) is 0 Å². The van der Waals surface area contributed by atoms with Crippen LogP contribution >= 0.6 is 11.3 Å². The summed E-state index contributed by atoms with van der Waals surface area (Å²) in [6, 6.07) is 25.4.